The summed E-state index contributed by atoms with van der Waals surface area (Å²) in [7, 11) is 0. The third-order valence-corrected chi connectivity index (χ3v) is 2.51. The van der Waals surface area contributed by atoms with Crippen LogP contribution in [0, 0.1) is 5.92 Å². The summed E-state index contributed by atoms with van der Waals surface area (Å²) in [6, 6.07) is 0. The molecule has 13 heavy (non-hydrogen) atoms. The van der Waals surface area contributed by atoms with E-state index >= 15 is 0 Å². The Hall–Kier alpha value is -0.810. The Morgan fingerprint density at radius 2 is 2.15 bits per heavy atom. The zero-order chi connectivity index (χ0) is 9.68. The minimum absolute atomic E-state index is 0.219. The average molecular weight is 186 g/mol. The van der Waals surface area contributed by atoms with Gasteiger partial charge in [-0.3, -0.25) is 10.4 Å². The second kappa shape index (κ2) is 5.04. The summed E-state index contributed by atoms with van der Waals surface area (Å²) in [4.78, 5) is 4.02. The number of rotatable bonds is 2. The van der Waals surface area contributed by atoms with Gasteiger partial charge in [-0.05, 0) is 12.8 Å². The number of nitrogens with one attached hydrogen (secondary N) is 1. The van der Waals surface area contributed by atoms with E-state index in [-0.39, 0.29) is 18.0 Å². The Kier molecular flexibility index (Phi) is 3.98. The van der Waals surface area contributed by atoms with Gasteiger partial charge in [0, 0.05) is 12.5 Å². The van der Waals surface area contributed by atoms with Gasteiger partial charge in [-0.25, -0.2) is 5.84 Å². The van der Waals surface area contributed by atoms with Crippen molar-refractivity contribution < 1.29 is 5.11 Å². The first-order chi connectivity index (χ1) is 6.24. The molecule has 1 saturated carbocycles. The van der Waals surface area contributed by atoms with Crippen molar-refractivity contribution in [2.75, 3.05) is 6.54 Å². The quantitative estimate of drug-likeness (QED) is 0.199. The molecule has 0 bridgehead atoms. The molecule has 0 saturated heterocycles. The molecule has 5 heteroatoms. The van der Waals surface area contributed by atoms with Crippen LogP contribution in [-0.4, -0.2) is 23.7 Å². The number of aliphatic hydroxyl groups is 1. The van der Waals surface area contributed by atoms with E-state index < -0.39 is 0 Å². The predicted molar refractivity (Wildman–Crippen MR) is 51.8 cm³/mol. The number of hydrogen-bond acceptors (Lipinski definition) is 3. The van der Waals surface area contributed by atoms with Gasteiger partial charge in [0.1, 0.15) is 0 Å². The number of hydrazine groups is 1. The van der Waals surface area contributed by atoms with E-state index in [1.165, 1.54) is 6.42 Å². The summed E-state index contributed by atoms with van der Waals surface area (Å²) >= 11 is 0. The molecule has 0 heterocycles. The maximum atomic E-state index is 9.59. The molecule has 1 aliphatic carbocycles. The highest BCUT2D eigenvalue weighted by molar-refractivity contribution is 5.77. The highest BCUT2D eigenvalue weighted by atomic mass is 16.3. The van der Waals surface area contributed by atoms with Crippen LogP contribution in [0.3, 0.4) is 0 Å². The highest BCUT2D eigenvalue weighted by Gasteiger charge is 2.22. The van der Waals surface area contributed by atoms with Gasteiger partial charge in [-0.2, -0.15) is 0 Å². The first-order valence-electron chi connectivity index (χ1n) is 4.68. The molecule has 5 nitrogen and oxygen atoms in total. The third kappa shape index (κ3) is 3.20. The average Bonchev–Trinajstić information content (AvgIpc) is 2.16. The van der Waals surface area contributed by atoms with Crippen LogP contribution >= 0.6 is 0 Å². The minimum Gasteiger partial charge on any atom is -0.393 e. The third-order valence-electron chi connectivity index (χ3n) is 2.51. The minimum atomic E-state index is -0.219. The van der Waals surface area contributed by atoms with Gasteiger partial charge in [-0.15, -0.1) is 0 Å². The van der Waals surface area contributed by atoms with E-state index in [9.17, 15) is 5.11 Å². The Balaban J connectivity index is 2.34. The van der Waals surface area contributed by atoms with Crippen LogP contribution in [0.5, 0.6) is 0 Å². The normalized spacial score (nSPS) is 30.2. The van der Waals surface area contributed by atoms with Crippen molar-refractivity contribution in [1.82, 2.24) is 5.43 Å². The molecule has 0 aromatic carbocycles. The van der Waals surface area contributed by atoms with Crippen LogP contribution in [0.25, 0.3) is 0 Å². The Labute approximate surface area is 78.2 Å². The zero-order valence-corrected chi connectivity index (χ0v) is 7.74. The second-order valence-corrected chi connectivity index (χ2v) is 3.48. The molecule has 0 aliphatic heterocycles. The molecular weight excluding hydrogens is 168 g/mol. The first-order valence-corrected chi connectivity index (χ1v) is 4.68. The lowest BCUT2D eigenvalue weighted by Crippen LogP contribution is -2.38. The van der Waals surface area contributed by atoms with Crippen molar-refractivity contribution in [3.05, 3.63) is 0 Å². The van der Waals surface area contributed by atoms with Crippen LogP contribution in [-0.2, 0) is 0 Å². The summed E-state index contributed by atoms with van der Waals surface area (Å²) in [6.45, 7) is 0.567. The van der Waals surface area contributed by atoms with Crippen LogP contribution in [0.2, 0.25) is 0 Å². The summed E-state index contributed by atoms with van der Waals surface area (Å²) in [5.41, 5.74) is 7.63. The van der Waals surface area contributed by atoms with E-state index in [0.717, 1.165) is 19.3 Å². The molecule has 2 unspecified atom stereocenters. The molecule has 2 atom stereocenters. The maximum absolute atomic E-state index is 9.59. The number of guanidine groups is 1. The lowest BCUT2D eigenvalue weighted by molar-refractivity contribution is 0.0745. The van der Waals surface area contributed by atoms with Crippen molar-refractivity contribution in [3.63, 3.8) is 0 Å². The van der Waals surface area contributed by atoms with Crippen LogP contribution < -0.4 is 17.0 Å². The van der Waals surface area contributed by atoms with Crippen molar-refractivity contribution in [2.45, 2.75) is 31.8 Å². The van der Waals surface area contributed by atoms with Gasteiger partial charge in [0.25, 0.3) is 0 Å². The molecule has 1 fully saturated rings. The van der Waals surface area contributed by atoms with E-state index in [0.29, 0.717) is 6.54 Å². The molecule has 76 valence electrons. The van der Waals surface area contributed by atoms with Crippen molar-refractivity contribution in [2.24, 2.45) is 22.5 Å². The van der Waals surface area contributed by atoms with E-state index in [4.69, 9.17) is 11.6 Å². The Morgan fingerprint density at radius 3 is 2.77 bits per heavy atom. The topological polar surface area (TPSA) is 96.7 Å². The molecular formula is C8H18N4O. The van der Waals surface area contributed by atoms with Gasteiger partial charge in [0.15, 0.2) is 0 Å². The number of aliphatic imine (C=N–C) groups is 1. The second-order valence-electron chi connectivity index (χ2n) is 3.48. The van der Waals surface area contributed by atoms with Crippen molar-refractivity contribution in [3.8, 4) is 0 Å². The van der Waals surface area contributed by atoms with Gasteiger partial charge >= 0.3 is 0 Å². The fourth-order valence-corrected chi connectivity index (χ4v) is 1.66. The number of aliphatic hydroxyl groups excluding tert-OH is 1. The van der Waals surface area contributed by atoms with Crippen LogP contribution in [0.15, 0.2) is 4.99 Å². The summed E-state index contributed by atoms with van der Waals surface area (Å²) in [6.07, 6.45) is 3.99. The van der Waals surface area contributed by atoms with Crippen molar-refractivity contribution >= 4 is 5.96 Å². The molecule has 0 aromatic heterocycles. The van der Waals surface area contributed by atoms with Crippen LogP contribution in [0.4, 0.5) is 0 Å². The molecule has 0 amide bonds. The molecule has 0 spiro atoms. The molecule has 6 N–H and O–H groups in total. The van der Waals surface area contributed by atoms with E-state index in [1.807, 2.05) is 0 Å². The molecule has 1 aliphatic rings. The number of nitrogens with zero attached hydrogens (tertiary/aromatic N) is 1. The van der Waals surface area contributed by atoms with Crippen LogP contribution in [0.1, 0.15) is 25.7 Å². The zero-order valence-electron chi connectivity index (χ0n) is 7.74. The standard InChI is InChI=1S/C8H18N4O/c9-8(12-10)11-5-6-3-1-2-4-7(6)13/h6-7,13H,1-5,10H2,(H3,9,11,12). The molecule has 0 radical (unpaired) electrons. The number of hydrogen-bond donors (Lipinski definition) is 4. The predicted octanol–water partition coefficient (Wildman–Crippen LogP) is -0.685. The fraction of sp³-hybridized carbons (Fsp3) is 0.875. The Bertz CT molecular complexity index is 183. The summed E-state index contributed by atoms with van der Waals surface area (Å²) < 4.78 is 0. The molecule has 1 rings (SSSR count). The fourth-order valence-electron chi connectivity index (χ4n) is 1.66. The monoisotopic (exact) mass is 186 g/mol. The van der Waals surface area contributed by atoms with Gasteiger partial charge in [0.05, 0.1) is 6.10 Å². The lowest BCUT2D eigenvalue weighted by atomic mass is 9.87. The van der Waals surface area contributed by atoms with Gasteiger partial charge in [-0.1, -0.05) is 12.8 Å². The smallest absolute Gasteiger partial charge is 0.203 e. The van der Waals surface area contributed by atoms with E-state index in [2.05, 4.69) is 10.4 Å². The first kappa shape index (κ1) is 10.3. The highest BCUT2D eigenvalue weighted by Crippen LogP contribution is 2.24. The van der Waals surface area contributed by atoms with Gasteiger partial charge < -0.3 is 10.8 Å². The maximum Gasteiger partial charge on any atom is 0.203 e. The number of nitrogens with two attached hydrogens (primary N) is 2. The Morgan fingerprint density at radius 1 is 1.46 bits per heavy atom. The van der Waals surface area contributed by atoms with Crippen molar-refractivity contribution in [1.29, 1.82) is 0 Å². The largest absolute Gasteiger partial charge is 0.393 e. The molecule has 0 aromatic rings. The summed E-state index contributed by atoms with van der Waals surface area (Å²) in [5.74, 6) is 5.54. The van der Waals surface area contributed by atoms with E-state index in [1.54, 1.807) is 0 Å². The lowest BCUT2D eigenvalue weighted by Gasteiger charge is -2.25. The SMILES string of the molecule is NNC(N)=NCC1CCCCC1O. The summed E-state index contributed by atoms with van der Waals surface area (Å²) in [5, 5.41) is 9.59. The van der Waals surface area contributed by atoms with Gasteiger partial charge in [0.2, 0.25) is 5.96 Å².